The van der Waals surface area contributed by atoms with Crippen molar-refractivity contribution in [3.05, 3.63) is 0 Å². The molecule has 0 heterocycles. The SMILES string of the molecule is CCCCCCCCCOC(=O)CCCCCCCN(CCCCCCCC(=O)OC(CCCCCCCC)CCCCCCCC)CCCNC(NC)NC#N. The van der Waals surface area contributed by atoms with Crippen molar-refractivity contribution in [1.82, 2.24) is 20.9 Å². The van der Waals surface area contributed by atoms with Crippen LogP contribution in [0.1, 0.15) is 239 Å². The standard InChI is InChI=1S/C48H95N5O4/c1-5-8-11-14-17-26-33-43-56-46(54)37-29-22-18-24-31-40-53(42-34-39-51-48(50-4)52-44-49)41-32-25-19-23-30-38-47(55)57-45(35-27-20-15-12-9-6-2)36-28-21-16-13-10-7-3/h45,48,50-52H,5-43H2,1-4H3. The molecule has 0 fully saturated rings. The minimum atomic E-state index is -0.204. The molecule has 1 unspecified atom stereocenters. The number of esters is 2. The maximum Gasteiger partial charge on any atom is 0.306 e. The molecular formula is C48H95N5O4. The van der Waals surface area contributed by atoms with Gasteiger partial charge in [0.25, 0.3) is 0 Å². The molecule has 1 atom stereocenters. The molecule has 336 valence electrons. The number of unbranched alkanes of at least 4 members (excludes halogenated alkanes) is 24. The molecule has 9 heteroatoms. The molecule has 0 aliphatic rings. The van der Waals surface area contributed by atoms with E-state index in [1.807, 2.05) is 13.2 Å². The number of ether oxygens (including phenoxy) is 2. The Balaban J connectivity index is 4.40. The molecule has 9 nitrogen and oxygen atoms in total. The third-order valence-electron chi connectivity index (χ3n) is 11.3. The molecule has 0 bridgehead atoms. The largest absolute Gasteiger partial charge is 0.466 e. The number of carbonyl (C=O) groups excluding carboxylic acids is 2. The molecule has 0 rings (SSSR count). The van der Waals surface area contributed by atoms with Crippen molar-refractivity contribution in [2.75, 3.05) is 39.8 Å². The number of hydrogen-bond acceptors (Lipinski definition) is 9. The summed E-state index contributed by atoms with van der Waals surface area (Å²) in [4.78, 5) is 27.5. The first-order valence-electron chi connectivity index (χ1n) is 24.6. The highest BCUT2D eigenvalue weighted by atomic mass is 16.5. The smallest absolute Gasteiger partial charge is 0.306 e. The molecule has 57 heavy (non-hydrogen) atoms. The zero-order valence-corrected chi connectivity index (χ0v) is 38.3. The van der Waals surface area contributed by atoms with Crippen LogP contribution in [0.3, 0.4) is 0 Å². The van der Waals surface area contributed by atoms with Crippen LogP contribution in [-0.4, -0.2) is 69.1 Å². The van der Waals surface area contributed by atoms with Crippen LogP contribution in [0.4, 0.5) is 0 Å². The Morgan fingerprint density at radius 1 is 0.544 bits per heavy atom. The van der Waals surface area contributed by atoms with Gasteiger partial charge in [-0.2, -0.15) is 5.26 Å². The van der Waals surface area contributed by atoms with Gasteiger partial charge >= 0.3 is 11.9 Å². The van der Waals surface area contributed by atoms with E-state index in [4.69, 9.17) is 14.7 Å². The summed E-state index contributed by atoms with van der Waals surface area (Å²) < 4.78 is 11.5. The van der Waals surface area contributed by atoms with Gasteiger partial charge in [0.15, 0.2) is 6.19 Å². The van der Waals surface area contributed by atoms with Crippen LogP contribution in [0.25, 0.3) is 0 Å². The molecule has 0 amide bonds. The first-order chi connectivity index (χ1) is 28.0. The van der Waals surface area contributed by atoms with E-state index in [1.54, 1.807) is 0 Å². The van der Waals surface area contributed by atoms with E-state index in [0.29, 0.717) is 19.4 Å². The minimum Gasteiger partial charge on any atom is -0.466 e. The van der Waals surface area contributed by atoms with Crippen molar-refractivity contribution in [2.45, 2.75) is 251 Å². The predicted octanol–water partition coefficient (Wildman–Crippen LogP) is 12.2. The Kier molecular flexibility index (Phi) is 43.7. The van der Waals surface area contributed by atoms with Gasteiger partial charge in [0.2, 0.25) is 0 Å². The van der Waals surface area contributed by atoms with Crippen LogP contribution >= 0.6 is 0 Å². The summed E-state index contributed by atoms with van der Waals surface area (Å²) in [5.41, 5.74) is 0. The number of nitrogens with zero attached hydrogens (tertiary/aromatic N) is 2. The topological polar surface area (TPSA) is 116 Å². The van der Waals surface area contributed by atoms with E-state index in [2.05, 4.69) is 41.6 Å². The molecule has 0 aromatic heterocycles. The number of rotatable bonds is 46. The van der Waals surface area contributed by atoms with Crippen LogP contribution in [0, 0.1) is 11.5 Å². The lowest BCUT2D eigenvalue weighted by molar-refractivity contribution is -0.150. The fourth-order valence-electron chi connectivity index (χ4n) is 7.57. The van der Waals surface area contributed by atoms with Gasteiger partial charge in [-0.1, -0.05) is 162 Å². The second-order valence-electron chi connectivity index (χ2n) is 16.7. The zero-order valence-electron chi connectivity index (χ0n) is 38.3. The Hall–Kier alpha value is -1.89. The second-order valence-corrected chi connectivity index (χ2v) is 16.7. The molecule has 0 saturated heterocycles. The molecule has 0 radical (unpaired) electrons. The molecule has 3 N–H and O–H groups in total. The second kappa shape index (κ2) is 45.2. The van der Waals surface area contributed by atoms with Crippen molar-refractivity contribution in [1.29, 1.82) is 5.26 Å². The molecule has 0 aromatic rings. The third-order valence-corrected chi connectivity index (χ3v) is 11.3. The highest BCUT2D eigenvalue weighted by Gasteiger charge is 2.14. The van der Waals surface area contributed by atoms with Gasteiger partial charge in [0.05, 0.1) is 6.61 Å². The van der Waals surface area contributed by atoms with E-state index in [0.717, 1.165) is 96.8 Å². The summed E-state index contributed by atoms with van der Waals surface area (Å²) in [7, 11) is 1.84. The van der Waals surface area contributed by atoms with Gasteiger partial charge in [0, 0.05) is 12.8 Å². The van der Waals surface area contributed by atoms with Crippen LogP contribution in [0.2, 0.25) is 0 Å². The van der Waals surface area contributed by atoms with Crippen molar-refractivity contribution < 1.29 is 19.1 Å². The average molecular weight is 806 g/mol. The summed E-state index contributed by atoms with van der Waals surface area (Å²) in [6.07, 6.45) is 41.1. The third kappa shape index (κ3) is 40.7. The quantitative estimate of drug-likeness (QED) is 0.0182. The van der Waals surface area contributed by atoms with Crippen molar-refractivity contribution in [2.24, 2.45) is 0 Å². The average Bonchev–Trinajstić information content (AvgIpc) is 3.21. The summed E-state index contributed by atoms with van der Waals surface area (Å²) in [5, 5.41) is 18.1. The monoisotopic (exact) mass is 806 g/mol. The van der Waals surface area contributed by atoms with Crippen molar-refractivity contribution in [3.63, 3.8) is 0 Å². The van der Waals surface area contributed by atoms with Gasteiger partial charge < -0.3 is 14.4 Å². The molecule has 0 aliphatic heterocycles. The van der Waals surface area contributed by atoms with Gasteiger partial charge in [0.1, 0.15) is 12.4 Å². The molecule has 0 saturated carbocycles. The predicted molar refractivity (Wildman–Crippen MR) is 241 cm³/mol. The minimum absolute atomic E-state index is 0.0148. The fourth-order valence-corrected chi connectivity index (χ4v) is 7.57. The van der Waals surface area contributed by atoms with Crippen molar-refractivity contribution in [3.8, 4) is 6.19 Å². The first-order valence-corrected chi connectivity index (χ1v) is 24.6. The number of hydrogen-bond donors (Lipinski definition) is 3. The van der Waals surface area contributed by atoms with Crippen LogP contribution in [0.5, 0.6) is 0 Å². The Labute approximate surface area is 353 Å². The van der Waals surface area contributed by atoms with Gasteiger partial charge in [-0.15, -0.1) is 0 Å². The van der Waals surface area contributed by atoms with E-state index in [-0.39, 0.29) is 24.3 Å². The maximum absolute atomic E-state index is 12.8. The lowest BCUT2D eigenvalue weighted by Gasteiger charge is -2.23. The number of nitriles is 1. The number of carbonyl (C=O) groups is 2. The number of nitrogens with one attached hydrogen (secondary N) is 3. The molecule has 0 spiro atoms. The lowest BCUT2D eigenvalue weighted by Crippen LogP contribution is -2.50. The molecule has 0 aromatic carbocycles. The van der Waals surface area contributed by atoms with Gasteiger partial charge in [-0.05, 0) is 97.4 Å². The van der Waals surface area contributed by atoms with Gasteiger partial charge in [-0.25, -0.2) is 0 Å². The van der Waals surface area contributed by atoms with E-state index in [9.17, 15) is 9.59 Å². The van der Waals surface area contributed by atoms with E-state index in [1.165, 1.54) is 135 Å². The normalized spacial score (nSPS) is 11.9. The fraction of sp³-hybridized carbons (Fsp3) is 0.938. The zero-order chi connectivity index (χ0) is 41.7. The Morgan fingerprint density at radius 2 is 0.965 bits per heavy atom. The van der Waals surface area contributed by atoms with E-state index < -0.39 is 0 Å². The summed E-state index contributed by atoms with van der Waals surface area (Å²) >= 11 is 0. The summed E-state index contributed by atoms with van der Waals surface area (Å²) in [6, 6.07) is 0. The van der Waals surface area contributed by atoms with Crippen LogP contribution in [-0.2, 0) is 19.1 Å². The highest BCUT2D eigenvalue weighted by molar-refractivity contribution is 5.69. The Morgan fingerprint density at radius 3 is 1.46 bits per heavy atom. The Bertz CT molecular complexity index is 885. The first kappa shape index (κ1) is 55.1. The maximum atomic E-state index is 12.8. The molecular weight excluding hydrogens is 711 g/mol. The summed E-state index contributed by atoms with van der Waals surface area (Å²) in [6.45, 7) is 11.4. The van der Waals surface area contributed by atoms with E-state index >= 15 is 0 Å². The summed E-state index contributed by atoms with van der Waals surface area (Å²) in [5.74, 6) is -0.0154. The highest BCUT2D eigenvalue weighted by Crippen LogP contribution is 2.18. The van der Waals surface area contributed by atoms with Crippen LogP contribution < -0.4 is 16.0 Å². The molecule has 0 aliphatic carbocycles. The van der Waals surface area contributed by atoms with Gasteiger partial charge in [-0.3, -0.25) is 25.5 Å². The van der Waals surface area contributed by atoms with Crippen LogP contribution in [0.15, 0.2) is 0 Å². The lowest BCUT2D eigenvalue weighted by atomic mass is 10.0. The van der Waals surface area contributed by atoms with Crippen molar-refractivity contribution >= 4 is 11.9 Å².